The van der Waals surface area contributed by atoms with E-state index in [1.807, 2.05) is 4.72 Å². The van der Waals surface area contributed by atoms with Crippen LogP contribution in [0.2, 0.25) is 0 Å². The number of amides is 1. The molecule has 0 heterocycles. The van der Waals surface area contributed by atoms with Crippen molar-refractivity contribution >= 4 is 15.9 Å². The largest absolute Gasteiger partial charge is 0.268 e. The van der Waals surface area contributed by atoms with Crippen LogP contribution in [0.3, 0.4) is 0 Å². The van der Waals surface area contributed by atoms with Gasteiger partial charge in [0.1, 0.15) is 5.82 Å². The molecule has 0 aliphatic rings. The van der Waals surface area contributed by atoms with Crippen LogP contribution in [0.1, 0.15) is 23.7 Å². The van der Waals surface area contributed by atoms with Gasteiger partial charge < -0.3 is 0 Å². The highest BCUT2D eigenvalue weighted by atomic mass is 32.2. The van der Waals surface area contributed by atoms with Crippen molar-refractivity contribution in [2.75, 3.05) is 5.75 Å². The summed E-state index contributed by atoms with van der Waals surface area (Å²) in [5.74, 6) is -1.84. The number of benzene rings is 1. The highest BCUT2D eigenvalue weighted by molar-refractivity contribution is 7.90. The van der Waals surface area contributed by atoms with Gasteiger partial charge in [0, 0.05) is 0 Å². The average Bonchev–Trinajstić information content (AvgIpc) is 2.17. The zero-order valence-corrected chi connectivity index (χ0v) is 9.55. The van der Waals surface area contributed by atoms with E-state index in [4.69, 9.17) is 0 Å². The van der Waals surface area contributed by atoms with Crippen LogP contribution in [0.5, 0.6) is 0 Å². The minimum absolute atomic E-state index is 0.160. The van der Waals surface area contributed by atoms with Crippen LogP contribution in [0.4, 0.5) is 4.39 Å². The van der Waals surface area contributed by atoms with Gasteiger partial charge in [-0.3, -0.25) is 4.79 Å². The molecule has 1 aromatic rings. The monoisotopic (exact) mass is 245 g/mol. The zero-order chi connectivity index (χ0) is 12.2. The summed E-state index contributed by atoms with van der Waals surface area (Å²) >= 11 is 0. The fourth-order valence-electron chi connectivity index (χ4n) is 1.16. The van der Waals surface area contributed by atoms with Crippen LogP contribution in [-0.4, -0.2) is 20.1 Å². The fourth-order valence-corrected chi connectivity index (χ4v) is 2.19. The molecule has 0 saturated heterocycles. The number of rotatable bonds is 4. The van der Waals surface area contributed by atoms with Crippen molar-refractivity contribution in [1.82, 2.24) is 4.72 Å². The molecule has 0 aromatic heterocycles. The van der Waals surface area contributed by atoms with E-state index in [9.17, 15) is 17.6 Å². The van der Waals surface area contributed by atoms with Gasteiger partial charge >= 0.3 is 0 Å². The van der Waals surface area contributed by atoms with Crippen molar-refractivity contribution in [3.05, 3.63) is 35.6 Å². The van der Waals surface area contributed by atoms with Crippen molar-refractivity contribution in [1.29, 1.82) is 0 Å². The summed E-state index contributed by atoms with van der Waals surface area (Å²) in [7, 11) is -3.66. The number of carbonyl (C=O) groups excluding carboxylic acids is 1. The molecule has 0 unspecified atom stereocenters. The van der Waals surface area contributed by atoms with E-state index in [2.05, 4.69) is 0 Å². The molecule has 4 nitrogen and oxygen atoms in total. The maximum atomic E-state index is 13.1. The van der Waals surface area contributed by atoms with E-state index in [0.717, 1.165) is 6.07 Å². The van der Waals surface area contributed by atoms with Crippen molar-refractivity contribution in [2.45, 2.75) is 13.3 Å². The summed E-state index contributed by atoms with van der Waals surface area (Å²) in [6.45, 7) is 1.67. The lowest BCUT2D eigenvalue weighted by Gasteiger charge is -2.05. The number of hydrogen-bond acceptors (Lipinski definition) is 3. The molecular formula is C10H12FNO3S. The number of carbonyl (C=O) groups is 1. The van der Waals surface area contributed by atoms with Gasteiger partial charge in [-0.1, -0.05) is 19.1 Å². The second-order valence-electron chi connectivity index (χ2n) is 3.23. The number of halogens is 1. The Kier molecular flexibility index (Phi) is 4.00. The normalized spacial score (nSPS) is 11.1. The molecule has 0 fully saturated rings. The highest BCUT2D eigenvalue weighted by Crippen LogP contribution is 2.06. The molecule has 0 aliphatic heterocycles. The Labute approximate surface area is 93.5 Å². The van der Waals surface area contributed by atoms with Crippen LogP contribution in [-0.2, 0) is 10.0 Å². The first-order valence-electron chi connectivity index (χ1n) is 4.75. The van der Waals surface area contributed by atoms with E-state index in [1.165, 1.54) is 18.2 Å². The van der Waals surface area contributed by atoms with E-state index < -0.39 is 21.7 Å². The van der Waals surface area contributed by atoms with Crippen molar-refractivity contribution < 1.29 is 17.6 Å². The van der Waals surface area contributed by atoms with Crippen molar-refractivity contribution in [3.63, 3.8) is 0 Å². The van der Waals surface area contributed by atoms with E-state index in [-0.39, 0.29) is 11.3 Å². The molecule has 0 radical (unpaired) electrons. The SMILES string of the molecule is CCCS(=O)(=O)NC(=O)c1ccccc1F. The van der Waals surface area contributed by atoms with Gasteiger partial charge in [-0.15, -0.1) is 0 Å². The molecular weight excluding hydrogens is 233 g/mol. The van der Waals surface area contributed by atoms with Gasteiger partial charge in [0.25, 0.3) is 5.91 Å². The summed E-state index contributed by atoms with van der Waals surface area (Å²) in [6.07, 6.45) is 0.389. The summed E-state index contributed by atoms with van der Waals surface area (Å²) in [4.78, 5) is 11.4. The lowest BCUT2D eigenvalue weighted by molar-refractivity contribution is 0.0977. The minimum atomic E-state index is -3.66. The predicted octanol–water partition coefficient (Wildman–Crippen LogP) is 1.30. The summed E-state index contributed by atoms with van der Waals surface area (Å²) in [5, 5.41) is 0. The lowest BCUT2D eigenvalue weighted by Crippen LogP contribution is -2.32. The first-order valence-corrected chi connectivity index (χ1v) is 6.41. The van der Waals surface area contributed by atoms with Crippen LogP contribution in [0.25, 0.3) is 0 Å². The zero-order valence-electron chi connectivity index (χ0n) is 8.73. The predicted molar refractivity (Wildman–Crippen MR) is 57.9 cm³/mol. The standard InChI is InChI=1S/C10H12FNO3S/c1-2-7-16(14,15)12-10(13)8-5-3-4-6-9(8)11/h3-6H,2,7H2,1H3,(H,12,13). The van der Waals surface area contributed by atoms with Gasteiger partial charge in [0.2, 0.25) is 10.0 Å². The van der Waals surface area contributed by atoms with Crippen LogP contribution in [0.15, 0.2) is 24.3 Å². The second kappa shape index (κ2) is 5.07. The fraction of sp³-hybridized carbons (Fsp3) is 0.300. The summed E-state index contributed by atoms with van der Waals surface area (Å²) < 4.78 is 37.5. The van der Waals surface area contributed by atoms with E-state index in [1.54, 1.807) is 6.92 Å². The quantitative estimate of drug-likeness (QED) is 0.869. The van der Waals surface area contributed by atoms with Crippen molar-refractivity contribution in [2.24, 2.45) is 0 Å². The molecule has 0 spiro atoms. The van der Waals surface area contributed by atoms with Gasteiger partial charge in [-0.05, 0) is 18.6 Å². The first-order chi connectivity index (χ1) is 7.46. The molecule has 16 heavy (non-hydrogen) atoms. The van der Waals surface area contributed by atoms with Crippen LogP contribution in [0, 0.1) is 5.82 Å². The Balaban J connectivity index is 2.85. The molecule has 1 amide bonds. The molecule has 1 N–H and O–H groups in total. The maximum absolute atomic E-state index is 13.1. The number of nitrogens with one attached hydrogen (secondary N) is 1. The summed E-state index contributed by atoms with van der Waals surface area (Å²) in [5.41, 5.74) is -0.276. The molecule has 1 rings (SSSR count). The molecule has 0 aliphatic carbocycles. The topological polar surface area (TPSA) is 63.2 Å². The molecule has 1 aromatic carbocycles. The number of sulfonamides is 1. The third-order valence-electron chi connectivity index (χ3n) is 1.84. The number of hydrogen-bond donors (Lipinski definition) is 1. The van der Waals surface area contributed by atoms with Gasteiger partial charge in [0.05, 0.1) is 11.3 Å². The van der Waals surface area contributed by atoms with Gasteiger partial charge in [-0.25, -0.2) is 17.5 Å². The Bertz CT molecular complexity index is 485. The first kappa shape index (κ1) is 12.6. The lowest BCUT2D eigenvalue weighted by atomic mass is 10.2. The molecule has 0 bridgehead atoms. The highest BCUT2D eigenvalue weighted by Gasteiger charge is 2.17. The van der Waals surface area contributed by atoms with Crippen molar-refractivity contribution in [3.8, 4) is 0 Å². The van der Waals surface area contributed by atoms with E-state index >= 15 is 0 Å². The van der Waals surface area contributed by atoms with Gasteiger partial charge in [0.15, 0.2) is 0 Å². The van der Waals surface area contributed by atoms with E-state index in [0.29, 0.717) is 6.42 Å². The second-order valence-corrected chi connectivity index (χ2v) is 5.07. The maximum Gasteiger partial charge on any atom is 0.267 e. The third-order valence-corrected chi connectivity index (χ3v) is 3.28. The minimum Gasteiger partial charge on any atom is -0.268 e. The molecule has 6 heteroatoms. The van der Waals surface area contributed by atoms with Crippen LogP contribution >= 0.6 is 0 Å². The molecule has 88 valence electrons. The van der Waals surface area contributed by atoms with Gasteiger partial charge in [-0.2, -0.15) is 0 Å². The smallest absolute Gasteiger partial charge is 0.267 e. The Morgan fingerprint density at radius 3 is 2.56 bits per heavy atom. The molecule has 0 atom stereocenters. The Morgan fingerprint density at radius 1 is 1.38 bits per heavy atom. The van der Waals surface area contributed by atoms with Crippen LogP contribution < -0.4 is 4.72 Å². The third kappa shape index (κ3) is 3.30. The molecule has 0 saturated carbocycles. The summed E-state index contributed by atoms with van der Waals surface area (Å²) in [6, 6.07) is 5.21. The Morgan fingerprint density at radius 2 is 2.00 bits per heavy atom. The Hall–Kier alpha value is -1.43. The average molecular weight is 245 g/mol.